The Bertz CT molecular complexity index is 640. The first kappa shape index (κ1) is 17.1. The highest BCUT2D eigenvalue weighted by atomic mass is 35.5. The Balaban J connectivity index is 2.13. The number of imide groups is 1. The van der Waals surface area contributed by atoms with Gasteiger partial charge in [0.05, 0.1) is 16.0 Å². The van der Waals surface area contributed by atoms with Gasteiger partial charge in [-0.05, 0) is 18.2 Å². The number of thioether (sulfide) groups is 1. The zero-order valence-electron chi connectivity index (χ0n) is 11.2. The number of nitrogens with two attached hydrogens (primary N) is 1. The maximum Gasteiger partial charge on any atom is 0.321 e. The molecule has 2 amide bonds. The van der Waals surface area contributed by atoms with Gasteiger partial charge in [-0.1, -0.05) is 23.2 Å². The molecule has 2 atom stereocenters. The van der Waals surface area contributed by atoms with Gasteiger partial charge < -0.3 is 10.8 Å². The van der Waals surface area contributed by atoms with Crippen LogP contribution in [-0.2, 0) is 14.4 Å². The summed E-state index contributed by atoms with van der Waals surface area (Å²) in [5.74, 6) is -1.93. The summed E-state index contributed by atoms with van der Waals surface area (Å²) in [5.41, 5.74) is 5.67. The van der Waals surface area contributed by atoms with E-state index in [4.69, 9.17) is 34.0 Å². The number of aliphatic carboxylic acids is 1. The quantitative estimate of drug-likeness (QED) is 0.774. The Morgan fingerprint density at radius 3 is 2.73 bits per heavy atom. The molecule has 6 nitrogen and oxygen atoms in total. The van der Waals surface area contributed by atoms with Crippen molar-refractivity contribution >= 4 is 58.4 Å². The van der Waals surface area contributed by atoms with E-state index >= 15 is 0 Å². The van der Waals surface area contributed by atoms with E-state index in [0.29, 0.717) is 5.02 Å². The zero-order valence-corrected chi connectivity index (χ0v) is 13.5. The summed E-state index contributed by atoms with van der Waals surface area (Å²) in [6.45, 7) is 0. The van der Waals surface area contributed by atoms with Gasteiger partial charge in [0.1, 0.15) is 6.04 Å². The van der Waals surface area contributed by atoms with E-state index in [2.05, 4.69) is 0 Å². The molecule has 0 aliphatic carbocycles. The second-order valence-corrected chi connectivity index (χ2v) is 6.71. The van der Waals surface area contributed by atoms with E-state index < -0.39 is 29.1 Å². The van der Waals surface area contributed by atoms with Crippen LogP contribution in [0.4, 0.5) is 5.69 Å². The van der Waals surface area contributed by atoms with Gasteiger partial charge in [-0.15, -0.1) is 11.8 Å². The molecule has 1 heterocycles. The minimum Gasteiger partial charge on any atom is -0.480 e. The molecule has 0 radical (unpaired) electrons. The van der Waals surface area contributed by atoms with Crippen molar-refractivity contribution in [1.29, 1.82) is 0 Å². The van der Waals surface area contributed by atoms with Crippen LogP contribution in [0.15, 0.2) is 18.2 Å². The summed E-state index contributed by atoms with van der Waals surface area (Å²) in [6.07, 6.45) is -0.0191. The van der Waals surface area contributed by atoms with Crippen LogP contribution in [0, 0.1) is 0 Å². The van der Waals surface area contributed by atoms with Crippen LogP contribution >= 0.6 is 35.0 Å². The molecule has 1 saturated heterocycles. The van der Waals surface area contributed by atoms with Gasteiger partial charge in [0.2, 0.25) is 11.8 Å². The summed E-state index contributed by atoms with van der Waals surface area (Å²) >= 11 is 12.9. The monoisotopic (exact) mass is 362 g/mol. The van der Waals surface area contributed by atoms with Crippen molar-refractivity contribution in [2.45, 2.75) is 17.7 Å². The third-order valence-corrected chi connectivity index (χ3v) is 4.91. The van der Waals surface area contributed by atoms with E-state index in [9.17, 15) is 14.4 Å². The fourth-order valence-corrected chi connectivity index (χ4v) is 3.52. The highest BCUT2D eigenvalue weighted by Gasteiger charge is 2.40. The topological polar surface area (TPSA) is 101 Å². The summed E-state index contributed by atoms with van der Waals surface area (Å²) < 4.78 is 0. The van der Waals surface area contributed by atoms with Gasteiger partial charge in [-0.2, -0.15) is 0 Å². The number of carboxylic acids is 1. The third kappa shape index (κ3) is 3.55. The van der Waals surface area contributed by atoms with E-state index in [1.54, 1.807) is 0 Å². The average molecular weight is 363 g/mol. The molecule has 0 bridgehead atoms. The van der Waals surface area contributed by atoms with Gasteiger partial charge >= 0.3 is 5.97 Å². The van der Waals surface area contributed by atoms with Crippen LogP contribution in [-0.4, -0.2) is 39.9 Å². The Labute approximate surface area is 140 Å². The van der Waals surface area contributed by atoms with Crippen LogP contribution < -0.4 is 10.6 Å². The van der Waals surface area contributed by atoms with Crippen molar-refractivity contribution in [3.05, 3.63) is 28.2 Å². The van der Waals surface area contributed by atoms with E-state index in [1.165, 1.54) is 18.2 Å². The molecule has 0 unspecified atom stereocenters. The SMILES string of the molecule is N[C@H](CS[C@@H]1CC(=O)N(c2ccc(Cl)cc2Cl)C1=O)C(=O)O. The number of anilines is 1. The molecule has 1 fully saturated rings. The van der Waals surface area contributed by atoms with Gasteiger partial charge in [-0.25, -0.2) is 4.90 Å². The molecule has 9 heteroatoms. The molecule has 3 N–H and O–H groups in total. The number of hydrogen-bond acceptors (Lipinski definition) is 5. The number of hydrogen-bond donors (Lipinski definition) is 2. The standard InChI is InChI=1S/C13H12Cl2N2O4S/c14-6-1-2-9(7(15)3-6)17-11(18)4-10(12(17)19)22-5-8(16)13(20)21/h1-3,8,10H,4-5,16H2,(H,20,21)/t8-,10-/m1/s1. The molecule has 118 valence electrons. The van der Waals surface area contributed by atoms with Crippen molar-refractivity contribution in [3.63, 3.8) is 0 Å². The maximum atomic E-state index is 12.3. The number of carbonyl (C=O) groups is 3. The normalized spacial score (nSPS) is 19.6. The number of benzene rings is 1. The number of amides is 2. The van der Waals surface area contributed by atoms with Crippen LogP contribution in [0.25, 0.3) is 0 Å². The largest absolute Gasteiger partial charge is 0.480 e. The molecule has 1 aromatic rings. The van der Waals surface area contributed by atoms with Crippen molar-refractivity contribution < 1.29 is 19.5 Å². The molecule has 22 heavy (non-hydrogen) atoms. The smallest absolute Gasteiger partial charge is 0.321 e. The van der Waals surface area contributed by atoms with Crippen molar-refractivity contribution in [2.75, 3.05) is 10.7 Å². The lowest BCUT2D eigenvalue weighted by Crippen LogP contribution is -2.35. The summed E-state index contributed by atoms with van der Waals surface area (Å²) in [4.78, 5) is 36.1. The lowest BCUT2D eigenvalue weighted by molar-refractivity contribution is -0.138. The first-order valence-electron chi connectivity index (χ1n) is 6.23. The predicted octanol–water partition coefficient (Wildman–Crippen LogP) is 1.77. The van der Waals surface area contributed by atoms with Gasteiger partial charge in [0.15, 0.2) is 0 Å². The zero-order chi connectivity index (χ0) is 16.4. The van der Waals surface area contributed by atoms with Crippen LogP contribution in [0.2, 0.25) is 10.0 Å². The second kappa shape index (κ2) is 6.87. The number of carbonyl (C=O) groups excluding carboxylic acids is 2. The van der Waals surface area contributed by atoms with Gasteiger partial charge in [-0.3, -0.25) is 14.4 Å². The summed E-state index contributed by atoms with van der Waals surface area (Å²) in [5, 5.41) is 8.66. The molecule has 1 aliphatic heterocycles. The Hall–Kier alpha value is -1.28. The van der Waals surface area contributed by atoms with E-state index in [1.807, 2.05) is 0 Å². The maximum absolute atomic E-state index is 12.3. The fourth-order valence-electron chi connectivity index (χ4n) is 1.94. The van der Waals surface area contributed by atoms with Crippen LogP contribution in [0.3, 0.4) is 0 Å². The summed E-state index contributed by atoms with van der Waals surface area (Å²) in [6, 6.07) is 3.39. The average Bonchev–Trinajstić information content (AvgIpc) is 2.71. The van der Waals surface area contributed by atoms with Crippen LogP contribution in [0.5, 0.6) is 0 Å². The Morgan fingerprint density at radius 2 is 2.14 bits per heavy atom. The molecule has 2 rings (SSSR count). The minimum absolute atomic E-state index is 0.0191. The fraction of sp³-hybridized carbons (Fsp3) is 0.308. The second-order valence-electron chi connectivity index (χ2n) is 4.63. The highest BCUT2D eigenvalue weighted by Crippen LogP contribution is 2.35. The number of nitrogens with zero attached hydrogens (tertiary/aromatic N) is 1. The lowest BCUT2D eigenvalue weighted by Gasteiger charge is -2.16. The number of halogens is 2. The number of carboxylic acid groups (broad SMARTS) is 1. The van der Waals surface area contributed by atoms with Gasteiger partial charge in [0, 0.05) is 17.2 Å². The molecule has 1 aliphatic rings. The summed E-state index contributed by atoms with van der Waals surface area (Å²) in [7, 11) is 0. The van der Waals surface area contributed by atoms with E-state index in [-0.39, 0.29) is 22.9 Å². The molecule has 0 saturated carbocycles. The Morgan fingerprint density at radius 1 is 1.45 bits per heavy atom. The molecule has 0 spiro atoms. The van der Waals surface area contributed by atoms with Crippen LogP contribution in [0.1, 0.15) is 6.42 Å². The first-order chi connectivity index (χ1) is 10.3. The van der Waals surface area contributed by atoms with Crippen molar-refractivity contribution in [3.8, 4) is 0 Å². The lowest BCUT2D eigenvalue weighted by atomic mass is 10.3. The minimum atomic E-state index is -1.15. The molecule has 1 aromatic carbocycles. The first-order valence-corrected chi connectivity index (χ1v) is 8.03. The molecular formula is C13H12Cl2N2O4S. The van der Waals surface area contributed by atoms with E-state index in [0.717, 1.165) is 16.7 Å². The Kier molecular flexibility index (Phi) is 5.33. The molecular weight excluding hydrogens is 351 g/mol. The number of rotatable bonds is 5. The molecule has 0 aromatic heterocycles. The van der Waals surface area contributed by atoms with Crippen molar-refractivity contribution in [2.24, 2.45) is 5.73 Å². The third-order valence-electron chi connectivity index (χ3n) is 3.05. The van der Waals surface area contributed by atoms with Gasteiger partial charge in [0.25, 0.3) is 0 Å². The predicted molar refractivity (Wildman–Crippen MR) is 85.4 cm³/mol. The highest BCUT2D eigenvalue weighted by molar-refractivity contribution is 8.00. The van der Waals surface area contributed by atoms with Crippen molar-refractivity contribution in [1.82, 2.24) is 0 Å².